The molecule has 2 aliphatic heterocycles. The number of fused-ring (bicyclic) bond motifs is 6. The fraction of sp³-hybridized carbons (Fsp3) is 0.150. The van der Waals surface area contributed by atoms with Gasteiger partial charge in [0, 0.05) is 23.4 Å². The van der Waals surface area contributed by atoms with Crippen LogP contribution < -0.4 is 5.56 Å². The van der Waals surface area contributed by atoms with E-state index < -0.39 is 0 Å². The molecule has 0 fully saturated rings. The van der Waals surface area contributed by atoms with Gasteiger partial charge in [0.15, 0.2) is 6.29 Å². The molecule has 0 spiro atoms. The molecule has 122 valence electrons. The lowest BCUT2D eigenvalue weighted by molar-refractivity contribution is 0.112. The summed E-state index contributed by atoms with van der Waals surface area (Å²) in [6.07, 6.45) is 1.51. The van der Waals surface area contributed by atoms with Gasteiger partial charge in [-0.25, -0.2) is 0 Å². The highest BCUT2D eigenvalue weighted by atomic mass is 16.3. The molecule has 0 aliphatic carbocycles. The molecule has 0 saturated heterocycles. The fourth-order valence-electron chi connectivity index (χ4n) is 4.03. The zero-order valence-corrected chi connectivity index (χ0v) is 13.3. The molecular formula is C20H14N2O3. The number of para-hydroxylation sites is 1. The number of aldehydes is 1. The Hall–Kier alpha value is -3.21. The second-order valence-corrected chi connectivity index (χ2v) is 6.46. The molecule has 0 bridgehead atoms. The Morgan fingerprint density at radius 1 is 1.20 bits per heavy atom. The Kier molecular flexibility index (Phi) is 2.77. The summed E-state index contributed by atoms with van der Waals surface area (Å²) in [5.74, 6) is 0.0738. The molecule has 3 heterocycles. The first kappa shape index (κ1) is 14.2. The van der Waals surface area contributed by atoms with E-state index in [1.807, 2.05) is 24.3 Å². The minimum atomic E-state index is -0.272. The van der Waals surface area contributed by atoms with Gasteiger partial charge in [-0.05, 0) is 36.2 Å². The number of rotatable bonds is 1. The first-order chi connectivity index (χ1) is 12.2. The number of pyridine rings is 1. The number of carbonyl (C=O) groups is 1. The largest absolute Gasteiger partial charge is 0.507 e. The van der Waals surface area contributed by atoms with E-state index in [0.29, 0.717) is 23.8 Å². The Bertz CT molecular complexity index is 1160. The molecular weight excluding hydrogens is 316 g/mol. The van der Waals surface area contributed by atoms with E-state index in [1.165, 1.54) is 17.7 Å². The maximum atomic E-state index is 13.0. The quantitative estimate of drug-likeness (QED) is 0.697. The van der Waals surface area contributed by atoms with E-state index in [2.05, 4.69) is 6.07 Å². The lowest BCUT2D eigenvalue weighted by Gasteiger charge is -2.25. The van der Waals surface area contributed by atoms with E-state index in [9.17, 15) is 14.7 Å². The van der Waals surface area contributed by atoms with E-state index >= 15 is 0 Å². The van der Waals surface area contributed by atoms with E-state index in [4.69, 9.17) is 4.99 Å². The Balaban J connectivity index is 1.85. The number of carbonyl (C=O) groups excluding carboxylic acids is 1. The van der Waals surface area contributed by atoms with Crippen molar-refractivity contribution in [3.63, 3.8) is 0 Å². The van der Waals surface area contributed by atoms with Crippen molar-refractivity contribution < 1.29 is 9.90 Å². The summed E-state index contributed by atoms with van der Waals surface area (Å²) in [7, 11) is 0. The Labute approximate surface area is 142 Å². The SMILES string of the molecule is O=Cc1ccc(O)c2c(=O)n3c(cc12)C1=Nc2ccccc2C1CC3. The number of aromatic hydroxyl groups is 1. The molecule has 2 aromatic carbocycles. The molecule has 0 amide bonds. The smallest absolute Gasteiger partial charge is 0.262 e. The van der Waals surface area contributed by atoms with Crippen LogP contribution in [0.15, 0.2) is 52.3 Å². The molecule has 1 N–H and O–H groups in total. The summed E-state index contributed by atoms with van der Waals surface area (Å²) < 4.78 is 1.66. The molecule has 0 saturated carbocycles. The van der Waals surface area contributed by atoms with Crippen LogP contribution in [-0.2, 0) is 6.54 Å². The number of phenolic OH excluding ortho intramolecular Hbond substituents is 1. The number of aromatic nitrogens is 1. The van der Waals surface area contributed by atoms with Crippen LogP contribution in [0.5, 0.6) is 5.75 Å². The van der Waals surface area contributed by atoms with Crippen molar-refractivity contribution in [3.8, 4) is 5.75 Å². The van der Waals surface area contributed by atoms with Crippen molar-refractivity contribution in [1.82, 2.24) is 4.57 Å². The Morgan fingerprint density at radius 3 is 2.88 bits per heavy atom. The minimum absolute atomic E-state index is 0.0975. The number of aliphatic imine (C=N–C) groups is 1. The number of hydrogen-bond acceptors (Lipinski definition) is 4. The van der Waals surface area contributed by atoms with Crippen molar-refractivity contribution >= 4 is 28.5 Å². The minimum Gasteiger partial charge on any atom is -0.507 e. The molecule has 1 aromatic heterocycles. The van der Waals surface area contributed by atoms with Gasteiger partial charge in [0.25, 0.3) is 5.56 Å². The normalized spacial score (nSPS) is 17.6. The van der Waals surface area contributed by atoms with Gasteiger partial charge in [0.1, 0.15) is 5.75 Å². The summed E-state index contributed by atoms with van der Waals surface area (Å²) in [5.41, 5.74) is 3.85. The van der Waals surface area contributed by atoms with Gasteiger partial charge in [-0.2, -0.15) is 0 Å². The van der Waals surface area contributed by atoms with Crippen LogP contribution in [0.25, 0.3) is 10.8 Å². The third kappa shape index (κ3) is 1.80. The lowest BCUT2D eigenvalue weighted by atomic mass is 9.87. The average molecular weight is 330 g/mol. The summed E-state index contributed by atoms with van der Waals surface area (Å²) in [4.78, 5) is 29.1. The predicted octanol–water partition coefficient (Wildman–Crippen LogP) is 3.14. The fourth-order valence-corrected chi connectivity index (χ4v) is 4.03. The van der Waals surface area contributed by atoms with Crippen LogP contribution in [0.1, 0.15) is 34.0 Å². The van der Waals surface area contributed by atoms with E-state index in [1.54, 1.807) is 4.57 Å². The number of nitrogens with zero attached hydrogens (tertiary/aromatic N) is 2. The van der Waals surface area contributed by atoms with Crippen LogP contribution in [-0.4, -0.2) is 21.7 Å². The number of hydrogen-bond donors (Lipinski definition) is 1. The second kappa shape index (κ2) is 4.89. The third-order valence-electron chi connectivity index (χ3n) is 5.20. The zero-order chi connectivity index (χ0) is 17.1. The van der Waals surface area contributed by atoms with Gasteiger partial charge in [0.2, 0.25) is 0 Å². The van der Waals surface area contributed by atoms with E-state index in [0.717, 1.165) is 23.5 Å². The maximum absolute atomic E-state index is 13.0. The molecule has 5 rings (SSSR count). The highest BCUT2D eigenvalue weighted by molar-refractivity contribution is 6.12. The second-order valence-electron chi connectivity index (χ2n) is 6.46. The van der Waals surface area contributed by atoms with Gasteiger partial charge in [-0.15, -0.1) is 0 Å². The third-order valence-corrected chi connectivity index (χ3v) is 5.20. The highest BCUT2D eigenvalue weighted by Crippen LogP contribution is 2.42. The summed E-state index contributed by atoms with van der Waals surface area (Å²) in [6.45, 7) is 0.562. The summed E-state index contributed by atoms with van der Waals surface area (Å²) >= 11 is 0. The highest BCUT2D eigenvalue weighted by Gasteiger charge is 2.34. The molecule has 25 heavy (non-hydrogen) atoms. The van der Waals surface area contributed by atoms with E-state index in [-0.39, 0.29) is 22.6 Å². The van der Waals surface area contributed by atoms with Crippen molar-refractivity contribution in [3.05, 3.63) is 69.6 Å². The topological polar surface area (TPSA) is 71.7 Å². The van der Waals surface area contributed by atoms with Gasteiger partial charge in [-0.1, -0.05) is 18.2 Å². The monoisotopic (exact) mass is 330 g/mol. The van der Waals surface area contributed by atoms with Crippen molar-refractivity contribution in [1.29, 1.82) is 0 Å². The lowest BCUT2D eigenvalue weighted by Crippen LogP contribution is -2.33. The van der Waals surface area contributed by atoms with Gasteiger partial charge < -0.3 is 9.67 Å². The van der Waals surface area contributed by atoms with Crippen molar-refractivity contribution in [2.24, 2.45) is 4.99 Å². The number of phenols is 1. The average Bonchev–Trinajstić information content (AvgIpc) is 3.01. The molecule has 5 heteroatoms. The molecule has 2 aliphatic rings. The van der Waals surface area contributed by atoms with Crippen LogP contribution in [0.4, 0.5) is 5.69 Å². The zero-order valence-electron chi connectivity index (χ0n) is 13.3. The van der Waals surface area contributed by atoms with Crippen LogP contribution >= 0.6 is 0 Å². The molecule has 3 aromatic rings. The number of benzene rings is 2. The first-order valence-electron chi connectivity index (χ1n) is 8.21. The van der Waals surface area contributed by atoms with Crippen LogP contribution in [0.3, 0.4) is 0 Å². The standard InChI is InChI=1S/C20H14N2O3/c23-10-11-5-6-17(24)18-14(11)9-16-19-13(7-8-22(16)20(18)25)12-3-1-2-4-15(12)21-19/h1-6,9-10,13,24H,7-8H2. The molecule has 5 nitrogen and oxygen atoms in total. The van der Waals surface area contributed by atoms with Gasteiger partial charge in [-0.3, -0.25) is 14.6 Å². The van der Waals surface area contributed by atoms with Gasteiger partial charge in [0.05, 0.1) is 22.5 Å². The summed E-state index contributed by atoms with van der Waals surface area (Å²) in [6, 6.07) is 12.8. The Morgan fingerprint density at radius 2 is 2.04 bits per heavy atom. The summed E-state index contributed by atoms with van der Waals surface area (Å²) in [5, 5.41) is 10.8. The van der Waals surface area contributed by atoms with Crippen molar-refractivity contribution in [2.75, 3.05) is 0 Å². The first-order valence-corrected chi connectivity index (χ1v) is 8.21. The van der Waals surface area contributed by atoms with Crippen LogP contribution in [0.2, 0.25) is 0 Å². The van der Waals surface area contributed by atoms with Crippen molar-refractivity contribution in [2.45, 2.75) is 18.9 Å². The maximum Gasteiger partial charge on any atom is 0.262 e. The van der Waals surface area contributed by atoms with Gasteiger partial charge >= 0.3 is 0 Å². The van der Waals surface area contributed by atoms with Crippen LogP contribution in [0, 0.1) is 0 Å². The predicted molar refractivity (Wildman–Crippen MR) is 95.3 cm³/mol. The molecule has 1 atom stereocenters. The molecule has 1 unspecified atom stereocenters. The molecule has 0 radical (unpaired) electrons.